The van der Waals surface area contributed by atoms with Gasteiger partial charge in [-0.2, -0.15) is 0 Å². The van der Waals surface area contributed by atoms with Crippen molar-refractivity contribution in [2.45, 2.75) is 39.5 Å². The van der Waals surface area contributed by atoms with Crippen LogP contribution in [0.15, 0.2) is 16.6 Å². The molecule has 0 fully saturated rings. The van der Waals surface area contributed by atoms with Gasteiger partial charge in [-0.15, -0.1) is 0 Å². The number of hydrogen-bond acceptors (Lipinski definition) is 2. The fourth-order valence-corrected chi connectivity index (χ4v) is 2.36. The minimum absolute atomic E-state index is 0.220. The summed E-state index contributed by atoms with van der Waals surface area (Å²) >= 11 is 3.30. The number of benzene rings is 1. The van der Waals surface area contributed by atoms with E-state index in [1.807, 2.05) is 13.0 Å². The second-order valence-corrected chi connectivity index (χ2v) is 5.23. The molecule has 1 N–H and O–H groups in total. The highest BCUT2D eigenvalue weighted by molar-refractivity contribution is 9.10. The van der Waals surface area contributed by atoms with Gasteiger partial charge in [0.25, 0.3) is 0 Å². The van der Waals surface area contributed by atoms with Crippen LogP contribution in [-0.2, 0) is 0 Å². The van der Waals surface area contributed by atoms with Crippen LogP contribution < -0.4 is 4.74 Å². The van der Waals surface area contributed by atoms with Crippen molar-refractivity contribution in [2.24, 2.45) is 0 Å². The minimum Gasteiger partial charge on any atom is -0.492 e. The minimum atomic E-state index is -0.956. The molecule has 1 aromatic rings. The first-order valence-corrected chi connectivity index (χ1v) is 7.01. The topological polar surface area (TPSA) is 46.5 Å². The van der Waals surface area contributed by atoms with Gasteiger partial charge >= 0.3 is 5.97 Å². The van der Waals surface area contributed by atoms with E-state index >= 15 is 0 Å². The molecule has 4 heteroatoms. The zero-order valence-corrected chi connectivity index (χ0v) is 12.4. The highest BCUT2D eigenvalue weighted by Gasteiger charge is 2.14. The molecule has 0 bridgehead atoms. The first-order chi connectivity index (χ1) is 8.56. The van der Waals surface area contributed by atoms with Crippen molar-refractivity contribution in [1.29, 1.82) is 0 Å². The molecule has 0 unspecified atom stereocenters. The first kappa shape index (κ1) is 15.0. The van der Waals surface area contributed by atoms with Crippen LogP contribution in [0, 0.1) is 6.92 Å². The van der Waals surface area contributed by atoms with E-state index < -0.39 is 5.97 Å². The predicted molar refractivity (Wildman–Crippen MR) is 75.5 cm³/mol. The first-order valence-electron chi connectivity index (χ1n) is 6.22. The van der Waals surface area contributed by atoms with Crippen LogP contribution in [0.3, 0.4) is 0 Å². The highest BCUT2D eigenvalue weighted by Crippen LogP contribution is 2.28. The SMILES string of the molecule is CCCCCCOc1c(C)cc(Br)cc1C(=O)O. The molecule has 0 aliphatic heterocycles. The van der Waals surface area contributed by atoms with Gasteiger partial charge in [-0.3, -0.25) is 0 Å². The van der Waals surface area contributed by atoms with Crippen molar-refractivity contribution >= 4 is 21.9 Å². The lowest BCUT2D eigenvalue weighted by Crippen LogP contribution is -2.06. The fraction of sp³-hybridized carbons (Fsp3) is 0.500. The van der Waals surface area contributed by atoms with Crippen molar-refractivity contribution < 1.29 is 14.6 Å². The van der Waals surface area contributed by atoms with Gasteiger partial charge in [-0.1, -0.05) is 42.1 Å². The summed E-state index contributed by atoms with van der Waals surface area (Å²) in [6, 6.07) is 3.45. The van der Waals surface area contributed by atoms with Gasteiger partial charge in [-0.25, -0.2) is 4.79 Å². The summed E-state index contributed by atoms with van der Waals surface area (Å²) < 4.78 is 6.39. The maximum Gasteiger partial charge on any atom is 0.339 e. The summed E-state index contributed by atoms with van der Waals surface area (Å²) in [7, 11) is 0. The average Bonchev–Trinajstić information content (AvgIpc) is 2.30. The largest absolute Gasteiger partial charge is 0.492 e. The van der Waals surface area contributed by atoms with Crippen molar-refractivity contribution in [1.82, 2.24) is 0 Å². The standard InChI is InChI=1S/C14H19BrO3/c1-3-4-5-6-7-18-13-10(2)8-11(15)9-12(13)14(16)17/h8-9H,3-7H2,1-2H3,(H,16,17). The van der Waals surface area contributed by atoms with Crippen molar-refractivity contribution in [2.75, 3.05) is 6.61 Å². The number of aromatic carboxylic acids is 1. The van der Waals surface area contributed by atoms with E-state index in [9.17, 15) is 4.79 Å². The molecule has 0 saturated carbocycles. The Balaban J connectivity index is 2.71. The summed E-state index contributed by atoms with van der Waals surface area (Å²) in [6.45, 7) is 4.59. The Morgan fingerprint density at radius 1 is 1.33 bits per heavy atom. The van der Waals surface area contributed by atoms with Crippen LogP contribution >= 0.6 is 15.9 Å². The van der Waals surface area contributed by atoms with Gasteiger partial charge in [0.15, 0.2) is 0 Å². The Morgan fingerprint density at radius 3 is 2.67 bits per heavy atom. The fourth-order valence-electron chi connectivity index (χ4n) is 1.78. The average molecular weight is 315 g/mol. The highest BCUT2D eigenvalue weighted by atomic mass is 79.9. The van der Waals surface area contributed by atoms with Crippen LogP contribution in [0.5, 0.6) is 5.75 Å². The molecular weight excluding hydrogens is 296 g/mol. The van der Waals surface area contributed by atoms with Gasteiger partial charge < -0.3 is 9.84 Å². The Bertz CT molecular complexity index is 416. The molecule has 0 radical (unpaired) electrons. The van der Waals surface area contributed by atoms with E-state index in [1.165, 1.54) is 12.8 Å². The number of carboxylic acids is 1. The van der Waals surface area contributed by atoms with E-state index in [1.54, 1.807) is 6.07 Å². The smallest absolute Gasteiger partial charge is 0.339 e. The van der Waals surface area contributed by atoms with Gasteiger partial charge in [0.2, 0.25) is 0 Å². The molecule has 18 heavy (non-hydrogen) atoms. The third kappa shape index (κ3) is 4.33. The lowest BCUT2D eigenvalue weighted by Gasteiger charge is -2.12. The molecule has 0 aromatic heterocycles. The van der Waals surface area contributed by atoms with E-state index in [0.717, 1.165) is 22.9 Å². The maximum atomic E-state index is 11.2. The summed E-state index contributed by atoms with van der Waals surface area (Å²) in [5.41, 5.74) is 1.06. The van der Waals surface area contributed by atoms with Crippen molar-refractivity contribution in [3.05, 3.63) is 27.7 Å². The number of halogens is 1. The second-order valence-electron chi connectivity index (χ2n) is 4.31. The van der Waals surface area contributed by atoms with E-state index in [0.29, 0.717) is 12.4 Å². The van der Waals surface area contributed by atoms with Gasteiger partial charge in [0.05, 0.1) is 6.61 Å². The number of unbranched alkanes of at least 4 members (excludes halogenated alkanes) is 3. The van der Waals surface area contributed by atoms with E-state index in [4.69, 9.17) is 9.84 Å². The van der Waals surface area contributed by atoms with Crippen LogP contribution in [0.25, 0.3) is 0 Å². The van der Waals surface area contributed by atoms with Crippen LogP contribution in [0.4, 0.5) is 0 Å². The lowest BCUT2D eigenvalue weighted by atomic mass is 10.1. The number of hydrogen-bond donors (Lipinski definition) is 1. The number of rotatable bonds is 7. The zero-order valence-electron chi connectivity index (χ0n) is 10.8. The summed E-state index contributed by atoms with van der Waals surface area (Å²) in [4.78, 5) is 11.2. The molecule has 0 amide bonds. The Labute approximate surface area is 116 Å². The van der Waals surface area contributed by atoms with Crippen LogP contribution in [0.1, 0.15) is 48.5 Å². The van der Waals surface area contributed by atoms with Crippen molar-refractivity contribution in [3.63, 3.8) is 0 Å². The molecule has 1 rings (SSSR count). The normalized spacial score (nSPS) is 10.4. The third-order valence-corrected chi connectivity index (χ3v) is 3.17. The van der Waals surface area contributed by atoms with Gasteiger partial charge in [-0.05, 0) is 31.0 Å². The summed E-state index contributed by atoms with van der Waals surface area (Å²) in [5, 5.41) is 9.15. The molecule has 0 atom stereocenters. The Hall–Kier alpha value is -1.03. The second kappa shape index (κ2) is 7.41. The monoisotopic (exact) mass is 314 g/mol. The summed E-state index contributed by atoms with van der Waals surface area (Å²) in [6.07, 6.45) is 4.45. The molecule has 100 valence electrons. The molecule has 3 nitrogen and oxygen atoms in total. The van der Waals surface area contributed by atoms with Gasteiger partial charge in [0, 0.05) is 4.47 Å². The molecule has 0 heterocycles. The molecule has 0 saturated heterocycles. The third-order valence-electron chi connectivity index (χ3n) is 2.71. The number of carbonyl (C=O) groups is 1. The van der Waals surface area contributed by atoms with E-state index in [-0.39, 0.29) is 5.56 Å². The number of ether oxygens (including phenoxy) is 1. The molecule has 0 aliphatic carbocycles. The van der Waals surface area contributed by atoms with Crippen LogP contribution in [-0.4, -0.2) is 17.7 Å². The molecular formula is C14H19BrO3. The zero-order chi connectivity index (χ0) is 13.5. The quantitative estimate of drug-likeness (QED) is 0.758. The predicted octanol–water partition coefficient (Wildman–Crippen LogP) is 4.41. The van der Waals surface area contributed by atoms with Crippen LogP contribution in [0.2, 0.25) is 0 Å². The maximum absolute atomic E-state index is 11.2. The summed E-state index contributed by atoms with van der Waals surface area (Å²) in [5.74, 6) is -0.467. The Kier molecular flexibility index (Phi) is 6.19. The van der Waals surface area contributed by atoms with Gasteiger partial charge in [0.1, 0.15) is 11.3 Å². The van der Waals surface area contributed by atoms with E-state index in [2.05, 4.69) is 22.9 Å². The van der Waals surface area contributed by atoms with Crippen molar-refractivity contribution in [3.8, 4) is 5.75 Å². The molecule has 0 spiro atoms. The Morgan fingerprint density at radius 2 is 2.06 bits per heavy atom. The lowest BCUT2D eigenvalue weighted by molar-refractivity contribution is 0.0692. The molecule has 0 aliphatic rings. The number of aryl methyl sites for hydroxylation is 1. The molecule has 1 aromatic carbocycles. The number of carboxylic acid groups (broad SMARTS) is 1.